The first-order chi connectivity index (χ1) is 11.5. The molecule has 0 aliphatic rings. The van der Waals surface area contributed by atoms with Gasteiger partial charge in [-0.3, -0.25) is 4.79 Å². The lowest BCUT2D eigenvalue weighted by Gasteiger charge is -2.08. The second-order valence-corrected chi connectivity index (χ2v) is 6.10. The van der Waals surface area contributed by atoms with Crippen LogP contribution in [0.15, 0.2) is 41.5 Å². The van der Waals surface area contributed by atoms with Crippen LogP contribution < -0.4 is 10.2 Å². The van der Waals surface area contributed by atoms with Gasteiger partial charge in [0.05, 0.1) is 21.3 Å². The molecule has 0 aromatic heterocycles. The molecule has 0 saturated carbocycles. The van der Waals surface area contributed by atoms with Crippen LogP contribution in [0.4, 0.5) is 0 Å². The van der Waals surface area contributed by atoms with E-state index in [0.29, 0.717) is 10.0 Å². The van der Waals surface area contributed by atoms with E-state index in [1.807, 2.05) is 24.3 Å². The Morgan fingerprint density at radius 1 is 1.12 bits per heavy atom. The standard InChI is InChI=1S/C17H15Cl3N2O2/c1-2-11-3-5-12(6-4-11)9-21-22-17(23)10-24-16-8-14(19)13(18)7-15(16)20/h3-9H,2,10H2,1H3,(H,22,23)/b21-9+. The van der Waals surface area contributed by atoms with Crippen molar-refractivity contribution in [3.63, 3.8) is 0 Å². The lowest BCUT2D eigenvalue weighted by molar-refractivity contribution is -0.123. The van der Waals surface area contributed by atoms with Gasteiger partial charge in [-0.25, -0.2) is 5.43 Å². The molecule has 126 valence electrons. The third-order valence-electron chi connectivity index (χ3n) is 3.12. The van der Waals surface area contributed by atoms with E-state index >= 15 is 0 Å². The van der Waals surface area contributed by atoms with E-state index in [0.717, 1.165) is 12.0 Å². The fraction of sp³-hybridized carbons (Fsp3) is 0.176. The summed E-state index contributed by atoms with van der Waals surface area (Å²) in [5.74, 6) is -0.140. The second-order valence-electron chi connectivity index (χ2n) is 4.87. The molecular weight excluding hydrogens is 371 g/mol. The molecule has 0 unspecified atom stereocenters. The zero-order valence-corrected chi connectivity index (χ0v) is 15.1. The average Bonchev–Trinajstić information content (AvgIpc) is 2.57. The van der Waals surface area contributed by atoms with Gasteiger partial charge in [-0.05, 0) is 23.6 Å². The fourth-order valence-corrected chi connectivity index (χ4v) is 2.40. The number of benzene rings is 2. The zero-order chi connectivity index (χ0) is 17.5. The second kappa shape index (κ2) is 8.92. The van der Waals surface area contributed by atoms with Crippen molar-refractivity contribution in [3.05, 3.63) is 62.6 Å². The Balaban J connectivity index is 1.85. The Morgan fingerprint density at radius 2 is 1.79 bits per heavy atom. The van der Waals surface area contributed by atoms with Crippen LogP contribution in [0.3, 0.4) is 0 Å². The summed E-state index contributed by atoms with van der Waals surface area (Å²) in [4.78, 5) is 11.7. The molecule has 24 heavy (non-hydrogen) atoms. The number of carbonyl (C=O) groups excluding carboxylic acids is 1. The number of carbonyl (C=O) groups is 1. The van der Waals surface area contributed by atoms with E-state index in [4.69, 9.17) is 39.5 Å². The van der Waals surface area contributed by atoms with Crippen LogP contribution in [-0.2, 0) is 11.2 Å². The summed E-state index contributed by atoms with van der Waals surface area (Å²) < 4.78 is 5.31. The monoisotopic (exact) mass is 384 g/mol. The maximum absolute atomic E-state index is 11.7. The van der Waals surface area contributed by atoms with Gasteiger partial charge in [0, 0.05) is 6.07 Å². The highest BCUT2D eigenvalue weighted by molar-refractivity contribution is 6.43. The lowest BCUT2D eigenvalue weighted by atomic mass is 10.1. The summed E-state index contributed by atoms with van der Waals surface area (Å²) in [6.07, 6.45) is 2.53. The van der Waals surface area contributed by atoms with E-state index < -0.39 is 5.91 Å². The highest BCUT2D eigenvalue weighted by Crippen LogP contribution is 2.33. The normalized spacial score (nSPS) is 10.8. The van der Waals surface area contributed by atoms with Gasteiger partial charge >= 0.3 is 0 Å². The van der Waals surface area contributed by atoms with E-state index in [9.17, 15) is 4.79 Å². The predicted octanol–water partition coefficient (Wildman–Crippen LogP) is 4.74. The number of ether oxygens (including phenoxy) is 1. The molecule has 1 N–H and O–H groups in total. The Labute approximate surface area is 155 Å². The van der Waals surface area contributed by atoms with Crippen molar-refractivity contribution in [2.45, 2.75) is 13.3 Å². The number of rotatable bonds is 6. The molecule has 2 rings (SSSR count). The Bertz CT molecular complexity index is 746. The van der Waals surface area contributed by atoms with Crippen LogP contribution in [0.5, 0.6) is 5.75 Å². The van der Waals surface area contributed by atoms with Gasteiger partial charge in [-0.15, -0.1) is 0 Å². The maximum Gasteiger partial charge on any atom is 0.277 e. The maximum atomic E-state index is 11.7. The van der Waals surface area contributed by atoms with E-state index in [1.165, 1.54) is 17.7 Å². The summed E-state index contributed by atoms with van der Waals surface area (Å²) in [5, 5.41) is 4.77. The van der Waals surface area contributed by atoms with Gasteiger partial charge in [-0.1, -0.05) is 66.0 Å². The van der Waals surface area contributed by atoms with Crippen molar-refractivity contribution in [2.24, 2.45) is 5.10 Å². The molecule has 1 amide bonds. The molecule has 0 radical (unpaired) electrons. The van der Waals surface area contributed by atoms with Crippen LogP contribution in [-0.4, -0.2) is 18.7 Å². The van der Waals surface area contributed by atoms with Gasteiger partial charge in [0.15, 0.2) is 6.61 Å². The van der Waals surface area contributed by atoms with E-state index in [2.05, 4.69) is 17.5 Å². The first-order valence-electron chi connectivity index (χ1n) is 7.17. The highest BCUT2D eigenvalue weighted by atomic mass is 35.5. The molecular formula is C17H15Cl3N2O2. The number of nitrogens with one attached hydrogen (secondary N) is 1. The summed E-state index contributed by atoms with van der Waals surface area (Å²) in [7, 11) is 0. The smallest absolute Gasteiger partial charge is 0.277 e. The van der Waals surface area contributed by atoms with Gasteiger partial charge in [-0.2, -0.15) is 5.10 Å². The third kappa shape index (κ3) is 5.41. The first kappa shape index (κ1) is 18.6. The molecule has 0 heterocycles. The van der Waals surface area contributed by atoms with Gasteiger partial charge < -0.3 is 4.74 Å². The van der Waals surface area contributed by atoms with Crippen molar-refractivity contribution < 1.29 is 9.53 Å². The van der Waals surface area contributed by atoms with Crippen molar-refractivity contribution in [2.75, 3.05) is 6.61 Å². The number of aryl methyl sites for hydroxylation is 1. The molecule has 0 fully saturated rings. The van der Waals surface area contributed by atoms with Crippen LogP contribution in [0, 0.1) is 0 Å². The van der Waals surface area contributed by atoms with Gasteiger partial charge in [0.1, 0.15) is 5.75 Å². The van der Waals surface area contributed by atoms with Crippen molar-refractivity contribution in [1.82, 2.24) is 5.43 Å². The van der Waals surface area contributed by atoms with Crippen molar-refractivity contribution in [3.8, 4) is 5.75 Å². The topological polar surface area (TPSA) is 50.7 Å². The molecule has 0 aliphatic carbocycles. The minimum Gasteiger partial charge on any atom is -0.482 e. The number of hydrogen-bond donors (Lipinski definition) is 1. The summed E-state index contributed by atoms with van der Waals surface area (Å²) in [5.41, 5.74) is 4.51. The SMILES string of the molecule is CCc1ccc(/C=N/NC(=O)COc2cc(Cl)c(Cl)cc2Cl)cc1. The third-order valence-corrected chi connectivity index (χ3v) is 4.14. The van der Waals surface area contributed by atoms with Crippen molar-refractivity contribution in [1.29, 1.82) is 0 Å². The molecule has 2 aromatic carbocycles. The first-order valence-corrected chi connectivity index (χ1v) is 8.31. The summed E-state index contributed by atoms with van der Waals surface area (Å²) >= 11 is 17.7. The van der Waals surface area contributed by atoms with Crippen LogP contribution in [0.2, 0.25) is 15.1 Å². The Kier molecular flexibility index (Phi) is 6.91. The minimum absolute atomic E-state index is 0.246. The lowest BCUT2D eigenvalue weighted by Crippen LogP contribution is -2.24. The molecule has 0 atom stereocenters. The number of nitrogens with zero attached hydrogens (tertiary/aromatic N) is 1. The molecule has 7 heteroatoms. The molecule has 0 aliphatic heterocycles. The number of halogens is 3. The predicted molar refractivity (Wildman–Crippen MR) is 98.5 cm³/mol. The quantitative estimate of drug-likeness (QED) is 0.443. The van der Waals surface area contributed by atoms with Crippen LogP contribution >= 0.6 is 34.8 Å². The molecule has 4 nitrogen and oxygen atoms in total. The number of hydrogen-bond acceptors (Lipinski definition) is 3. The Hall–Kier alpha value is -1.75. The molecule has 2 aromatic rings. The number of hydrazone groups is 1. The highest BCUT2D eigenvalue weighted by Gasteiger charge is 2.09. The van der Waals surface area contributed by atoms with E-state index in [-0.39, 0.29) is 17.4 Å². The Morgan fingerprint density at radius 3 is 2.46 bits per heavy atom. The van der Waals surface area contributed by atoms with E-state index in [1.54, 1.807) is 6.21 Å². The fourth-order valence-electron chi connectivity index (χ4n) is 1.81. The largest absolute Gasteiger partial charge is 0.482 e. The summed E-state index contributed by atoms with van der Waals surface area (Å²) in [6.45, 7) is 1.84. The molecule has 0 spiro atoms. The molecule has 0 bridgehead atoms. The van der Waals surface area contributed by atoms with Gasteiger partial charge in [0.25, 0.3) is 5.91 Å². The minimum atomic E-state index is -0.418. The van der Waals surface area contributed by atoms with Gasteiger partial charge in [0.2, 0.25) is 0 Å². The average molecular weight is 386 g/mol. The van der Waals surface area contributed by atoms with Crippen LogP contribution in [0.1, 0.15) is 18.1 Å². The van der Waals surface area contributed by atoms with Crippen molar-refractivity contribution >= 4 is 46.9 Å². The summed E-state index contributed by atoms with van der Waals surface area (Å²) in [6, 6.07) is 10.8. The number of amides is 1. The zero-order valence-electron chi connectivity index (χ0n) is 12.9. The molecule has 0 saturated heterocycles. The van der Waals surface area contributed by atoms with Crippen LogP contribution in [0.25, 0.3) is 0 Å².